The predicted octanol–water partition coefficient (Wildman–Crippen LogP) is 14.3. The largest absolute Gasteiger partial charge is 0.468 e. The van der Waals surface area contributed by atoms with Crippen molar-refractivity contribution in [1.82, 2.24) is 0 Å². The maximum atomic E-state index is 7.45. The molecule has 0 spiro atoms. The molecule has 0 N–H and O–H groups in total. The monoisotopic (exact) mass is 825 g/mol. The molecule has 0 bridgehead atoms. The zero-order valence-electron chi connectivity index (χ0n) is 37.2. The van der Waals surface area contributed by atoms with Gasteiger partial charge in [-0.15, -0.1) is 0 Å². The fraction of sp³-hybridized carbons (Fsp3) is 0.214. The Morgan fingerprint density at radius 1 is 0.435 bits per heavy atom. The molecule has 1 aromatic heterocycles. The molecule has 7 aromatic carbocycles. The summed E-state index contributed by atoms with van der Waals surface area (Å²) in [5.41, 5.74) is 18.7. The van der Waals surface area contributed by atoms with E-state index in [1.54, 1.807) is 0 Å². The molecule has 0 amide bonds. The average molecular weight is 826 g/mol. The van der Waals surface area contributed by atoms with E-state index in [-0.39, 0.29) is 23.0 Å². The van der Waals surface area contributed by atoms with Gasteiger partial charge in [0.1, 0.15) is 5.58 Å². The van der Waals surface area contributed by atoms with Crippen molar-refractivity contribution in [2.75, 3.05) is 14.7 Å². The van der Waals surface area contributed by atoms with Crippen molar-refractivity contribution in [2.24, 2.45) is 0 Å². The second-order valence-electron chi connectivity index (χ2n) is 20.3. The maximum absolute atomic E-state index is 7.45. The number of benzene rings is 7. The third-order valence-electron chi connectivity index (χ3n) is 13.1. The van der Waals surface area contributed by atoms with Gasteiger partial charge < -0.3 is 19.1 Å². The number of hydrogen-bond acceptors (Lipinski definition) is 5. The van der Waals surface area contributed by atoms with E-state index < -0.39 is 0 Å². The summed E-state index contributed by atoms with van der Waals surface area (Å²) in [6, 6.07) is 56.7. The number of rotatable bonds is 3. The molecule has 11 rings (SSSR count). The molecule has 62 heavy (non-hydrogen) atoms. The van der Waals surface area contributed by atoms with Crippen LogP contribution >= 0.6 is 11.8 Å². The van der Waals surface area contributed by atoms with E-state index in [0.29, 0.717) is 0 Å². The molecule has 0 unspecified atom stereocenters. The highest BCUT2D eigenvalue weighted by Crippen LogP contribution is 2.55. The van der Waals surface area contributed by atoms with Crippen molar-refractivity contribution in [3.05, 3.63) is 168 Å². The summed E-state index contributed by atoms with van der Waals surface area (Å²) in [4.78, 5) is 9.80. The number of para-hydroxylation sites is 2. The van der Waals surface area contributed by atoms with Crippen molar-refractivity contribution in [1.29, 1.82) is 0 Å². The van der Waals surface area contributed by atoms with Gasteiger partial charge in [-0.1, -0.05) is 147 Å². The summed E-state index contributed by atoms with van der Waals surface area (Å²) < 4.78 is 7.45. The van der Waals surface area contributed by atoms with Crippen molar-refractivity contribution >= 4 is 97.2 Å². The summed E-state index contributed by atoms with van der Waals surface area (Å²) in [6.45, 7) is 20.5. The van der Waals surface area contributed by atoms with Crippen LogP contribution in [0.4, 0.5) is 51.2 Å². The van der Waals surface area contributed by atoms with Crippen LogP contribution in [-0.2, 0) is 16.2 Å². The molecule has 0 fully saturated rings. The Morgan fingerprint density at radius 2 is 0.968 bits per heavy atom. The number of hydrogen-bond donors (Lipinski definition) is 0. The predicted molar refractivity (Wildman–Crippen MR) is 265 cm³/mol. The van der Waals surface area contributed by atoms with Crippen LogP contribution in [0.25, 0.3) is 11.0 Å². The van der Waals surface area contributed by atoms with E-state index in [2.05, 4.69) is 229 Å². The van der Waals surface area contributed by atoms with Crippen molar-refractivity contribution in [3.8, 4) is 0 Å². The Balaban J connectivity index is 1.21. The zero-order valence-corrected chi connectivity index (χ0v) is 38.0. The topological polar surface area (TPSA) is 22.9 Å². The molecule has 0 saturated carbocycles. The van der Waals surface area contributed by atoms with Crippen LogP contribution in [0.15, 0.2) is 166 Å². The lowest BCUT2D eigenvalue weighted by Gasteiger charge is -2.43. The van der Waals surface area contributed by atoms with Gasteiger partial charge in [0.15, 0.2) is 0 Å². The first-order valence-electron chi connectivity index (χ1n) is 22.0. The lowest BCUT2D eigenvalue weighted by atomic mass is 9.35. The molecule has 3 aliphatic rings. The molecule has 0 atom stereocenters. The summed E-state index contributed by atoms with van der Waals surface area (Å²) >= 11 is 1.82. The highest BCUT2D eigenvalue weighted by Gasteiger charge is 2.47. The number of fused-ring (bicyclic) bond motifs is 8. The second-order valence-corrected chi connectivity index (χ2v) is 21.4. The Kier molecular flexibility index (Phi) is 8.57. The van der Waals surface area contributed by atoms with Gasteiger partial charge in [-0.05, 0) is 123 Å². The first-order chi connectivity index (χ1) is 29.6. The van der Waals surface area contributed by atoms with Gasteiger partial charge in [0.2, 0.25) is 0 Å². The molecule has 0 aliphatic carbocycles. The summed E-state index contributed by atoms with van der Waals surface area (Å²) in [5, 5.41) is 1.10. The lowest BCUT2D eigenvalue weighted by Crippen LogP contribution is -2.61. The summed E-state index contributed by atoms with van der Waals surface area (Å²) in [7, 11) is 0. The third kappa shape index (κ3) is 6.05. The molecular formula is C56H52BN3OS. The molecule has 4 nitrogen and oxygen atoms in total. The third-order valence-corrected chi connectivity index (χ3v) is 14.2. The smallest absolute Gasteiger partial charge is 0.297 e. The van der Waals surface area contributed by atoms with E-state index in [4.69, 9.17) is 4.42 Å². The van der Waals surface area contributed by atoms with E-state index >= 15 is 0 Å². The van der Waals surface area contributed by atoms with Crippen LogP contribution in [0.3, 0.4) is 0 Å². The van der Waals surface area contributed by atoms with Gasteiger partial charge in [0, 0.05) is 49.3 Å². The van der Waals surface area contributed by atoms with Crippen molar-refractivity contribution < 1.29 is 4.42 Å². The molecule has 306 valence electrons. The molecule has 0 radical (unpaired) electrons. The number of furan rings is 1. The Bertz CT molecular complexity index is 3060. The van der Waals surface area contributed by atoms with Crippen LogP contribution < -0.4 is 31.3 Å². The van der Waals surface area contributed by atoms with E-state index in [0.717, 1.165) is 45.1 Å². The summed E-state index contributed by atoms with van der Waals surface area (Å²) in [6.07, 6.45) is 0. The van der Waals surface area contributed by atoms with E-state index in [1.807, 2.05) is 11.8 Å². The van der Waals surface area contributed by atoms with Crippen molar-refractivity contribution in [2.45, 2.75) is 88.3 Å². The van der Waals surface area contributed by atoms with E-state index in [1.165, 1.54) is 60.2 Å². The minimum absolute atomic E-state index is 0.0242. The standard InChI is InChI=1S/C56H52BN3OS/c1-54(2,3)35-22-27-39(28-23-35)58-43-31-26-37(56(7,8)9)32-42(43)57-51-45(58)19-15-20-46(51)60(40-29-24-36(25-30-40)55(4,5)6)52-41-33-47-50(34-48(41)61-53(52)57)62-49-21-14-13-18-44(49)59(47)38-16-11-10-12-17-38/h10-34H,1-9H3. The molecular weight excluding hydrogens is 774 g/mol. The van der Waals surface area contributed by atoms with Gasteiger partial charge in [0.25, 0.3) is 6.71 Å². The van der Waals surface area contributed by atoms with Crippen molar-refractivity contribution in [3.63, 3.8) is 0 Å². The van der Waals surface area contributed by atoms with Gasteiger partial charge in [0.05, 0.1) is 22.7 Å². The zero-order chi connectivity index (χ0) is 42.9. The normalized spacial score (nSPS) is 14.3. The Hall–Kier alpha value is -6.11. The fourth-order valence-electron chi connectivity index (χ4n) is 9.76. The first-order valence-corrected chi connectivity index (χ1v) is 22.8. The second kappa shape index (κ2) is 13.7. The van der Waals surface area contributed by atoms with Crippen LogP contribution in [0.5, 0.6) is 0 Å². The fourth-order valence-corrected chi connectivity index (χ4v) is 10.8. The lowest BCUT2D eigenvalue weighted by molar-refractivity contribution is 0.590. The average Bonchev–Trinajstić information content (AvgIpc) is 3.61. The Labute approximate surface area is 371 Å². The molecule has 8 aromatic rings. The molecule has 4 heterocycles. The van der Waals surface area contributed by atoms with Gasteiger partial charge in [-0.2, -0.15) is 0 Å². The van der Waals surface area contributed by atoms with Gasteiger partial charge in [-0.25, -0.2) is 0 Å². The number of anilines is 9. The number of nitrogens with zero attached hydrogens (tertiary/aromatic N) is 3. The quantitative estimate of drug-likeness (QED) is 0.165. The van der Waals surface area contributed by atoms with Gasteiger partial charge in [-0.3, -0.25) is 0 Å². The van der Waals surface area contributed by atoms with Gasteiger partial charge >= 0.3 is 0 Å². The molecule has 0 saturated heterocycles. The highest BCUT2D eigenvalue weighted by molar-refractivity contribution is 7.99. The molecule has 6 heteroatoms. The van der Waals surface area contributed by atoms with Crippen LogP contribution in [0.1, 0.15) is 79.0 Å². The summed E-state index contributed by atoms with van der Waals surface area (Å²) in [5.74, 6) is 0. The first kappa shape index (κ1) is 38.8. The van der Waals surface area contributed by atoms with Crippen LogP contribution in [0.2, 0.25) is 0 Å². The Morgan fingerprint density at radius 3 is 1.61 bits per heavy atom. The highest BCUT2D eigenvalue weighted by atomic mass is 32.2. The SMILES string of the molecule is CC(C)(C)c1ccc(N2c3ccc(C(C)(C)C)cc3B3c4oc5cc6c(cc5c4N(c4ccc(C(C)(C)C)cc4)c4cccc2c43)N(c2ccccc2)c2ccccc2S6)cc1. The maximum Gasteiger partial charge on any atom is 0.297 e. The minimum atomic E-state index is -0.136. The van der Waals surface area contributed by atoms with Crippen LogP contribution in [0, 0.1) is 0 Å². The van der Waals surface area contributed by atoms with Crippen LogP contribution in [-0.4, -0.2) is 6.71 Å². The molecule has 3 aliphatic heterocycles. The van der Waals surface area contributed by atoms with E-state index in [9.17, 15) is 0 Å². The minimum Gasteiger partial charge on any atom is -0.468 e.